The van der Waals surface area contributed by atoms with Gasteiger partial charge in [0, 0.05) is 25.3 Å². The number of carbonyl (C=O) groups excluding carboxylic acids is 1. The van der Waals surface area contributed by atoms with Crippen molar-refractivity contribution in [3.05, 3.63) is 23.2 Å². The molecular weight excluding hydrogens is 268 g/mol. The third-order valence-corrected chi connectivity index (χ3v) is 3.26. The average Bonchev–Trinajstić information content (AvgIpc) is 2.41. The molecule has 1 aromatic rings. The van der Waals surface area contributed by atoms with Crippen LogP contribution in [0.25, 0.3) is 0 Å². The number of ether oxygens (including phenoxy) is 2. The van der Waals surface area contributed by atoms with Gasteiger partial charge in [0.1, 0.15) is 5.75 Å². The van der Waals surface area contributed by atoms with E-state index in [-0.39, 0.29) is 18.6 Å². The van der Waals surface area contributed by atoms with Crippen molar-refractivity contribution in [2.75, 3.05) is 25.6 Å². The van der Waals surface area contributed by atoms with Gasteiger partial charge in [0.05, 0.1) is 10.7 Å². The number of rotatable bonds is 4. The number of nitrogen functional groups attached to an aromatic ring is 1. The lowest BCUT2D eigenvalue weighted by Gasteiger charge is -2.23. The SMILES string of the molecule is Nc1ccc(OCC(=O)NC2CCOCC2)cc1Cl. The van der Waals surface area contributed by atoms with E-state index in [1.807, 2.05) is 0 Å². The Morgan fingerprint density at radius 3 is 2.89 bits per heavy atom. The zero-order chi connectivity index (χ0) is 13.7. The molecule has 0 atom stereocenters. The number of hydrogen-bond donors (Lipinski definition) is 2. The van der Waals surface area contributed by atoms with E-state index in [1.165, 1.54) is 0 Å². The monoisotopic (exact) mass is 284 g/mol. The predicted octanol–water partition coefficient (Wildman–Crippen LogP) is 1.60. The average molecular weight is 285 g/mol. The molecule has 1 amide bonds. The summed E-state index contributed by atoms with van der Waals surface area (Å²) in [4.78, 5) is 11.7. The Morgan fingerprint density at radius 1 is 1.47 bits per heavy atom. The molecule has 1 aromatic carbocycles. The van der Waals surface area contributed by atoms with Gasteiger partial charge in [0.2, 0.25) is 0 Å². The number of nitrogens with two attached hydrogens (primary N) is 1. The minimum absolute atomic E-state index is 0.0302. The van der Waals surface area contributed by atoms with Crippen LogP contribution in [0.2, 0.25) is 5.02 Å². The predicted molar refractivity (Wildman–Crippen MR) is 73.3 cm³/mol. The van der Waals surface area contributed by atoms with Gasteiger partial charge in [-0.25, -0.2) is 0 Å². The van der Waals surface area contributed by atoms with Gasteiger partial charge in [-0.05, 0) is 25.0 Å². The molecule has 1 aliphatic rings. The summed E-state index contributed by atoms with van der Waals surface area (Å²) in [6.45, 7) is 1.36. The first kappa shape index (κ1) is 14.0. The first-order valence-electron chi connectivity index (χ1n) is 6.20. The van der Waals surface area contributed by atoms with E-state index >= 15 is 0 Å². The fraction of sp³-hybridized carbons (Fsp3) is 0.462. The molecule has 1 saturated heterocycles. The third kappa shape index (κ3) is 4.29. The first-order chi connectivity index (χ1) is 9.15. The van der Waals surface area contributed by atoms with Crippen LogP contribution in [0, 0.1) is 0 Å². The number of benzene rings is 1. The van der Waals surface area contributed by atoms with Gasteiger partial charge in [-0.1, -0.05) is 11.6 Å². The molecular formula is C13H17ClN2O3. The van der Waals surface area contributed by atoms with E-state index in [4.69, 9.17) is 26.8 Å². The van der Waals surface area contributed by atoms with Gasteiger partial charge >= 0.3 is 0 Å². The Balaban J connectivity index is 1.77. The Labute approximate surface area is 117 Å². The standard InChI is InChI=1S/C13H17ClN2O3/c14-11-7-10(1-2-12(11)15)19-8-13(17)16-9-3-5-18-6-4-9/h1-2,7,9H,3-6,8,15H2,(H,16,17). The third-order valence-electron chi connectivity index (χ3n) is 2.93. The maximum absolute atomic E-state index is 11.7. The van der Waals surface area contributed by atoms with Crippen LogP contribution < -0.4 is 15.8 Å². The van der Waals surface area contributed by atoms with Gasteiger partial charge < -0.3 is 20.5 Å². The van der Waals surface area contributed by atoms with E-state index in [0.29, 0.717) is 29.7 Å². The fourth-order valence-corrected chi connectivity index (χ4v) is 2.03. The molecule has 0 aliphatic carbocycles. The maximum atomic E-state index is 11.7. The molecule has 0 bridgehead atoms. The minimum Gasteiger partial charge on any atom is -0.484 e. The lowest BCUT2D eigenvalue weighted by atomic mass is 10.1. The molecule has 104 valence electrons. The highest BCUT2D eigenvalue weighted by Gasteiger charge is 2.16. The van der Waals surface area contributed by atoms with Crippen molar-refractivity contribution in [2.45, 2.75) is 18.9 Å². The smallest absolute Gasteiger partial charge is 0.258 e. The fourth-order valence-electron chi connectivity index (χ4n) is 1.86. The van der Waals surface area contributed by atoms with Crippen LogP contribution in [0.4, 0.5) is 5.69 Å². The molecule has 0 spiro atoms. The van der Waals surface area contributed by atoms with Crippen LogP contribution in [0.1, 0.15) is 12.8 Å². The highest BCUT2D eigenvalue weighted by molar-refractivity contribution is 6.33. The van der Waals surface area contributed by atoms with Gasteiger partial charge in [-0.3, -0.25) is 4.79 Å². The van der Waals surface area contributed by atoms with Crippen molar-refractivity contribution < 1.29 is 14.3 Å². The molecule has 1 fully saturated rings. The Bertz CT molecular complexity index is 448. The van der Waals surface area contributed by atoms with Crippen LogP contribution in [0.3, 0.4) is 0 Å². The molecule has 19 heavy (non-hydrogen) atoms. The Hall–Kier alpha value is -1.46. The van der Waals surface area contributed by atoms with Crippen LogP contribution in [0.15, 0.2) is 18.2 Å². The second-order valence-corrected chi connectivity index (χ2v) is 4.83. The normalized spacial score (nSPS) is 16.1. The van der Waals surface area contributed by atoms with Gasteiger partial charge in [0.25, 0.3) is 5.91 Å². The van der Waals surface area contributed by atoms with Crippen LogP contribution in [0.5, 0.6) is 5.75 Å². The summed E-state index contributed by atoms with van der Waals surface area (Å²) in [6.07, 6.45) is 1.69. The summed E-state index contributed by atoms with van der Waals surface area (Å²) >= 11 is 5.87. The van der Waals surface area contributed by atoms with Crippen molar-refractivity contribution in [2.24, 2.45) is 0 Å². The number of hydrogen-bond acceptors (Lipinski definition) is 4. The van der Waals surface area contributed by atoms with E-state index in [0.717, 1.165) is 12.8 Å². The van der Waals surface area contributed by atoms with E-state index in [1.54, 1.807) is 18.2 Å². The molecule has 0 unspecified atom stereocenters. The van der Waals surface area contributed by atoms with E-state index in [2.05, 4.69) is 5.32 Å². The molecule has 1 aliphatic heterocycles. The largest absolute Gasteiger partial charge is 0.484 e. The van der Waals surface area contributed by atoms with Crippen LogP contribution >= 0.6 is 11.6 Å². The van der Waals surface area contributed by atoms with Crippen molar-refractivity contribution in [1.29, 1.82) is 0 Å². The maximum Gasteiger partial charge on any atom is 0.258 e. The number of nitrogens with one attached hydrogen (secondary N) is 1. The second-order valence-electron chi connectivity index (χ2n) is 4.43. The molecule has 0 aromatic heterocycles. The first-order valence-corrected chi connectivity index (χ1v) is 6.58. The summed E-state index contributed by atoms with van der Waals surface area (Å²) in [7, 11) is 0. The van der Waals surface area contributed by atoms with Gasteiger partial charge in [0.15, 0.2) is 6.61 Å². The molecule has 1 heterocycles. The highest BCUT2D eigenvalue weighted by atomic mass is 35.5. The minimum atomic E-state index is -0.139. The summed E-state index contributed by atoms with van der Waals surface area (Å²) in [5.74, 6) is 0.390. The van der Waals surface area contributed by atoms with Crippen LogP contribution in [-0.2, 0) is 9.53 Å². The molecule has 0 radical (unpaired) electrons. The Kier molecular flexibility index (Phi) is 4.87. The van der Waals surface area contributed by atoms with Crippen molar-refractivity contribution in [3.8, 4) is 5.75 Å². The molecule has 2 rings (SSSR count). The lowest BCUT2D eigenvalue weighted by molar-refractivity contribution is -0.124. The molecule has 3 N–H and O–H groups in total. The van der Waals surface area contributed by atoms with Gasteiger partial charge in [-0.2, -0.15) is 0 Å². The lowest BCUT2D eigenvalue weighted by Crippen LogP contribution is -2.41. The van der Waals surface area contributed by atoms with E-state index < -0.39 is 0 Å². The van der Waals surface area contributed by atoms with E-state index in [9.17, 15) is 4.79 Å². The number of amides is 1. The topological polar surface area (TPSA) is 73.6 Å². The molecule has 0 saturated carbocycles. The quantitative estimate of drug-likeness (QED) is 0.824. The van der Waals surface area contributed by atoms with Gasteiger partial charge in [-0.15, -0.1) is 0 Å². The zero-order valence-corrected chi connectivity index (χ0v) is 11.3. The number of anilines is 1. The number of carbonyl (C=O) groups is 1. The summed E-state index contributed by atoms with van der Waals surface area (Å²) in [5.41, 5.74) is 6.08. The summed E-state index contributed by atoms with van der Waals surface area (Å²) in [5, 5.41) is 3.33. The summed E-state index contributed by atoms with van der Waals surface area (Å²) < 4.78 is 10.6. The second kappa shape index (κ2) is 6.63. The zero-order valence-electron chi connectivity index (χ0n) is 10.5. The van der Waals surface area contributed by atoms with Crippen molar-refractivity contribution in [1.82, 2.24) is 5.32 Å². The number of halogens is 1. The highest BCUT2D eigenvalue weighted by Crippen LogP contribution is 2.23. The van der Waals surface area contributed by atoms with Crippen LogP contribution in [-0.4, -0.2) is 31.8 Å². The summed E-state index contributed by atoms with van der Waals surface area (Å²) in [6, 6.07) is 5.11. The molecule has 6 heteroatoms. The van der Waals surface area contributed by atoms with Crippen molar-refractivity contribution in [3.63, 3.8) is 0 Å². The molecule has 5 nitrogen and oxygen atoms in total. The Morgan fingerprint density at radius 2 is 2.21 bits per heavy atom. The van der Waals surface area contributed by atoms with Crippen molar-refractivity contribution >= 4 is 23.2 Å².